The number of hydrogen-bond acceptors (Lipinski definition) is 4. The third kappa shape index (κ3) is 3.80. The molecule has 0 radical (unpaired) electrons. The van der Waals surface area contributed by atoms with Gasteiger partial charge >= 0.3 is 0 Å². The van der Waals surface area contributed by atoms with Gasteiger partial charge in [0, 0.05) is 23.4 Å². The van der Waals surface area contributed by atoms with Crippen molar-refractivity contribution in [2.45, 2.75) is 34.6 Å². The summed E-state index contributed by atoms with van der Waals surface area (Å²) >= 11 is 1.42. The van der Waals surface area contributed by atoms with Gasteiger partial charge in [0.1, 0.15) is 5.00 Å². The first-order chi connectivity index (χ1) is 9.18. The van der Waals surface area contributed by atoms with E-state index < -0.39 is 5.41 Å². The molecule has 0 unspecified atom stereocenters. The summed E-state index contributed by atoms with van der Waals surface area (Å²) in [4.78, 5) is 25.3. The van der Waals surface area contributed by atoms with E-state index in [9.17, 15) is 9.59 Å². The minimum Gasteiger partial charge on any atom is -0.351 e. The van der Waals surface area contributed by atoms with Crippen molar-refractivity contribution in [3.8, 4) is 0 Å². The van der Waals surface area contributed by atoms with Crippen molar-refractivity contribution in [2.24, 2.45) is 11.1 Å². The molecule has 1 heterocycles. The van der Waals surface area contributed by atoms with E-state index in [0.717, 1.165) is 10.4 Å². The first-order valence-electron chi connectivity index (χ1n) is 6.58. The Morgan fingerprint density at radius 2 is 1.85 bits per heavy atom. The van der Waals surface area contributed by atoms with E-state index in [2.05, 4.69) is 10.6 Å². The SMILES string of the molecule is Cc1sc(NC(=O)C(C)(C)C)c(C(=O)NCCN)c1C. The summed E-state index contributed by atoms with van der Waals surface area (Å²) in [5.74, 6) is -0.298. The molecule has 20 heavy (non-hydrogen) atoms. The lowest BCUT2D eigenvalue weighted by Gasteiger charge is -2.17. The molecule has 1 aromatic rings. The van der Waals surface area contributed by atoms with Crippen LogP contribution >= 0.6 is 11.3 Å². The first kappa shape index (κ1) is 16.7. The van der Waals surface area contributed by atoms with E-state index in [-0.39, 0.29) is 11.8 Å². The Bertz CT molecular complexity index is 515. The Morgan fingerprint density at radius 3 is 2.35 bits per heavy atom. The molecule has 0 spiro atoms. The first-order valence-corrected chi connectivity index (χ1v) is 7.39. The van der Waals surface area contributed by atoms with Gasteiger partial charge in [-0.3, -0.25) is 9.59 Å². The zero-order valence-corrected chi connectivity index (χ0v) is 13.5. The monoisotopic (exact) mass is 297 g/mol. The molecular formula is C14H23N3O2S. The van der Waals surface area contributed by atoms with Gasteiger partial charge in [0.15, 0.2) is 0 Å². The highest BCUT2D eigenvalue weighted by molar-refractivity contribution is 7.16. The number of carbonyl (C=O) groups is 2. The van der Waals surface area contributed by atoms with Crippen LogP contribution in [0, 0.1) is 19.3 Å². The van der Waals surface area contributed by atoms with Crippen LogP contribution in [0.1, 0.15) is 41.6 Å². The van der Waals surface area contributed by atoms with E-state index in [0.29, 0.717) is 23.7 Å². The summed E-state index contributed by atoms with van der Waals surface area (Å²) in [7, 11) is 0. The maximum absolute atomic E-state index is 12.2. The summed E-state index contributed by atoms with van der Waals surface area (Å²) in [6.07, 6.45) is 0. The zero-order valence-electron chi connectivity index (χ0n) is 12.7. The molecule has 0 aliphatic rings. The zero-order chi connectivity index (χ0) is 15.5. The Hall–Kier alpha value is -1.40. The lowest BCUT2D eigenvalue weighted by molar-refractivity contribution is -0.123. The Morgan fingerprint density at radius 1 is 1.25 bits per heavy atom. The number of nitrogens with two attached hydrogens (primary N) is 1. The van der Waals surface area contributed by atoms with Crippen molar-refractivity contribution in [1.29, 1.82) is 0 Å². The Kier molecular flexibility index (Phi) is 5.30. The van der Waals surface area contributed by atoms with Crippen LogP contribution in [0.5, 0.6) is 0 Å². The number of carbonyl (C=O) groups excluding carboxylic acids is 2. The lowest BCUT2D eigenvalue weighted by atomic mass is 9.96. The van der Waals surface area contributed by atoms with E-state index >= 15 is 0 Å². The highest BCUT2D eigenvalue weighted by Gasteiger charge is 2.26. The number of hydrogen-bond donors (Lipinski definition) is 3. The van der Waals surface area contributed by atoms with Gasteiger partial charge < -0.3 is 16.4 Å². The minimum absolute atomic E-state index is 0.105. The Balaban J connectivity index is 3.06. The summed E-state index contributed by atoms with van der Waals surface area (Å²) in [5, 5.41) is 6.21. The molecule has 4 N–H and O–H groups in total. The number of anilines is 1. The van der Waals surface area contributed by atoms with Gasteiger partial charge in [-0.15, -0.1) is 11.3 Å². The fourth-order valence-electron chi connectivity index (χ4n) is 1.55. The maximum Gasteiger partial charge on any atom is 0.254 e. The smallest absolute Gasteiger partial charge is 0.254 e. The van der Waals surface area contributed by atoms with Gasteiger partial charge in [0.05, 0.1) is 5.56 Å². The molecule has 0 saturated carbocycles. The number of thiophene rings is 1. The number of aryl methyl sites for hydroxylation is 1. The van der Waals surface area contributed by atoms with Crippen molar-refractivity contribution >= 4 is 28.2 Å². The molecule has 0 saturated heterocycles. The lowest BCUT2D eigenvalue weighted by Crippen LogP contribution is -2.31. The van der Waals surface area contributed by atoms with Crippen molar-refractivity contribution in [3.63, 3.8) is 0 Å². The highest BCUT2D eigenvalue weighted by atomic mass is 32.1. The van der Waals surface area contributed by atoms with Crippen molar-refractivity contribution in [1.82, 2.24) is 5.32 Å². The number of nitrogens with one attached hydrogen (secondary N) is 2. The van der Waals surface area contributed by atoms with E-state index in [1.54, 1.807) is 0 Å². The van der Waals surface area contributed by atoms with Crippen LogP contribution < -0.4 is 16.4 Å². The molecule has 2 amide bonds. The van der Waals surface area contributed by atoms with Crippen molar-refractivity contribution in [2.75, 3.05) is 18.4 Å². The summed E-state index contributed by atoms with van der Waals surface area (Å²) in [5.41, 5.74) is 6.33. The molecule has 0 aliphatic carbocycles. The topological polar surface area (TPSA) is 84.2 Å². The maximum atomic E-state index is 12.2. The quantitative estimate of drug-likeness (QED) is 0.795. The standard InChI is InChI=1S/C14H23N3O2S/c1-8-9(2)20-12(17-13(19)14(3,4)5)10(8)11(18)16-7-6-15/h6-7,15H2,1-5H3,(H,16,18)(H,17,19). The molecule has 0 fully saturated rings. The van der Waals surface area contributed by atoms with Crippen LogP contribution in [0.3, 0.4) is 0 Å². The highest BCUT2D eigenvalue weighted by Crippen LogP contribution is 2.33. The van der Waals surface area contributed by atoms with Gasteiger partial charge in [0.2, 0.25) is 5.91 Å². The molecule has 0 aromatic carbocycles. The number of rotatable bonds is 4. The van der Waals surface area contributed by atoms with Crippen LogP contribution in [-0.4, -0.2) is 24.9 Å². The van der Waals surface area contributed by atoms with Gasteiger partial charge in [-0.25, -0.2) is 0 Å². The average molecular weight is 297 g/mol. The van der Waals surface area contributed by atoms with E-state index in [1.165, 1.54) is 11.3 Å². The molecular weight excluding hydrogens is 274 g/mol. The van der Waals surface area contributed by atoms with Crippen LogP contribution in [0.25, 0.3) is 0 Å². The van der Waals surface area contributed by atoms with Crippen molar-refractivity contribution < 1.29 is 9.59 Å². The fourth-order valence-corrected chi connectivity index (χ4v) is 2.61. The summed E-state index contributed by atoms with van der Waals surface area (Å²) < 4.78 is 0. The number of amides is 2. The second kappa shape index (κ2) is 6.37. The summed E-state index contributed by atoms with van der Waals surface area (Å²) in [6.45, 7) is 10.1. The van der Waals surface area contributed by atoms with Gasteiger partial charge in [-0.2, -0.15) is 0 Å². The van der Waals surface area contributed by atoms with Gasteiger partial charge in [-0.1, -0.05) is 20.8 Å². The normalized spacial score (nSPS) is 11.3. The third-order valence-electron chi connectivity index (χ3n) is 2.95. The molecule has 0 bridgehead atoms. The van der Waals surface area contributed by atoms with Gasteiger partial charge in [0.25, 0.3) is 5.91 Å². The predicted octanol–water partition coefficient (Wildman–Crippen LogP) is 2.04. The van der Waals surface area contributed by atoms with Crippen LogP contribution in [0.15, 0.2) is 0 Å². The molecule has 112 valence electrons. The van der Waals surface area contributed by atoms with E-state index in [1.807, 2.05) is 34.6 Å². The fraction of sp³-hybridized carbons (Fsp3) is 0.571. The molecule has 0 aliphatic heterocycles. The van der Waals surface area contributed by atoms with Gasteiger partial charge in [-0.05, 0) is 19.4 Å². The predicted molar refractivity (Wildman–Crippen MR) is 83.3 cm³/mol. The van der Waals surface area contributed by atoms with E-state index in [4.69, 9.17) is 5.73 Å². The second-order valence-electron chi connectivity index (χ2n) is 5.74. The molecule has 1 rings (SSSR count). The average Bonchev–Trinajstić information content (AvgIpc) is 2.61. The van der Waals surface area contributed by atoms with Crippen molar-refractivity contribution in [3.05, 3.63) is 16.0 Å². The van der Waals surface area contributed by atoms with Crippen LogP contribution in [-0.2, 0) is 4.79 Å². The summed E-state index contributed by atoms with van der Waals surface area (Å²) in [6, 6.07) is 0. The Labute approximate surface area is 123 Å². The minimum atomic E-state index is -0.503. The molecule has 0 atom stereocenters. The molecule has 1 aromatic heterocycles. The van der Waals surface area contributed by atoms with Crippen LogP contribution in [0.4, 0.5) is 5.00 Å². The second-order valence-corrected chi connectivity index (χ2v) is 6.96. The molecule has 6 heteroatoms. The van der Waals surface area contributed by atoms with Crippen LogP contribution in [0.2, 0.25) is 0 Å². The molecule has 5 nitrogen and oxygen atoms in total. The largest absolute Gasteiger partial charge is 0.351 e. The third-order valence-corrected chi connectivity index (χ3v) is 4.07.